The minimum atomic E-state index is -0.160. The van der Waals surface area contributed by atoms with Gasteiger partial charge in [-0.2, -0.15) is 5.10 Å². The molecule has 0 atom stereocenters. The fourth-order valence-electron chi connectivity index (χ4n) is 1.88. The summed E-state index contributed by atoms with van der Waals surface area (Å²) in [6.07, 6.45) is 0. The second-order valence-corrected chi connectivity index (χ2v) is 4.72. The Balaban J connectivity index is 2.27. The summed E-state index contributed by atoms with van der Waals surface area (Å²) >= 11 is 0. The van der Waals surface area contributed by atoms with Gasteiger partial charge in [-0.3, -0.25) is 9.89 Å². The van der Waals surface area contributed by atoms with Crippen LogP contribution in [0.4, 0.5) is 0 Å². The molecule has 0 aliphatic heterocycles. The summed E-state index contributed by atoms with van der Waals surface area (Å²) in [6, 6.07) is 9.46. The molecule has 2 rings (SSSR count). The molecule has 2 aromatic rings. The van der Waals surface area contributed by atoms with E-state index in [0.29, 0.717) is 18.0 Å². The maximum absolute atomic E-state index is 11.9. The zero-order valence-corrected chi connectivity index (χ0v) is 11.9. The van der Waals surface area contributed by atoms with Gasteiger partial charge in [0.05, 0.1) is 12.3 Å². The third-order valence-corrected chi connectivity index (χ3v) is 2.71. The third kappa shape index (κ3) is 3.17. The van der Waals surface area contributed by atoms with Crippen molar-refractivity contribution in [2.24, 2.45) is 0 Å². The zero-order valence-electron chi connectivity index (χ0n) is 11.9. The first-order valence-electron chi connectivity index (χ1n) is 6.70. The van der Waals surface area contributed by atoms with Crippen LogP contribution < -0.4 is 10.1 Å². The fourth-order valence-corrected chi connectivity index (χ4v) is 1.88. The quantitative estimate of drug-likeness (QED) is 0.880. The highest BCUT2D eigenvalue weighted by molar-refractivity contribution is 5.93. The van der Waals surface area contributed by atoms with Crippen LogP contribution in [-0.4, -0.2) is 28.8 Å². The number of aromatic amines is 1. The van der Waals surface area contributed by atoms with Gasteiger partial charge in [0, 0.05) is 11.6 Å². The van der Waals surface area contributed by atoms with Gasteiger partial charge >= 0.3 is 0 Å². The number of para-hydroxylation sites is 1. The van der Waals surface area contributed by atoms with Crippen molar-refractivity contribution in [3.8, 4) is 17.0 Å². The van der Waals surface area contributed by atoms with E-state index in [-0.39, 0.29) is 11.9 Å². The molecule has 1 aromatic heterocycles. The smallest absolute Gasteiger partial charge is 0.269 e. The van der Waals surface area contributed by atoms with Gasteiger partial charge in [0.1, 0.15) is 11.4 Å². The molecular formula is C15H19N3O2. The molecule has 1 heterocycles. The van der Waals surface area contributed by atoms with Crippen molar-refractivity contribution in [1.82, 2.24) is 15.5 Å². The number of nitrogens with one attached hydrogen (secondary N) is 2. The molecule has 106 valence electrons. The first kappa shape index (κ1) is 14.1. The van der Waals surface area contributed by atoms with Crippen molar-refractivity contribution in [3.05, 3.63) is 36.0 Å². The largest absolute Gasteiger partial charge is 0.493 e. The average Bonchev–Trinajstić information content (AvgIpc) is 2.88. The van der Waals surface area contributed by atoms with Gasteiger partial charge in [0.15, 0.2) is 0 Å². The molecule has 0 saturated carbocycles. The van der Waals surface area contributed by atoms with Crippen molar-refractivity contribution >= 4 is 5.91 Å². The highest BCUT2D eigenvalue weighted by Gasteiger charge is 2.14. The first-order chi connectivity index (χ1) is 9.61. The molecule has 0 spiro atoms. The zero-order chi connectivity index (χ0) is 14.5. The van der Waals surface area contributed by atoms with E-state index in [4.69, 9.17) is 4.74 Å². The standard InChI is InChI=1S/C15H19N3O2/c1-4-20-14-8-6-5-7-11(14)12-9-13(18-17-12)15(19)16-10(2)3/h5-10H,4H2,1-3H3,(H,16,19)(H,17,18). The van der Waals surface area contributed by atoms with E-state index in [9.17, 15) is 4.79 Å². The van der Waals surface area contributed by atoms with E-state index < -0.39 is 0 Å². The number of carbonyl (C=O) groups is 1. The van der Waals surface area contributed by atoms with Gasteiger partial charge in [-0.05, 0) is 39.0 Å². The molecule has 2 N–H and O–H groups in total. The van der Waals surface area contributed by atoms with Gasteiger partial charge in [-0.15, -0.1) is 0 Å². The highest BCUT2D eigenvalue weighted by Crippen LogP contribution is 2.28. The predicted molar refractivity (Wildman–Crippen MR) is 77.8 cm³/mol. The Morgan fingerprint density at radius 1 is 1.40 bits per heavy atom. The van der Waals surface area contributed by atoms with Crippen LogP contribution in [0.3, 0.4) is 0 Å². The highest BCUT2D eigenvalue weighted by atomic mass is 16.5. The summed E-state index contributed by atoms with van der Waals surface area (Å²) in [5.41, 5.74) is 2.01. The number of nitrogens with zero attached hydrogens (tertiary/aromatic N) is 1. The minimum Gasteiger partial charge on any atom is -0.493 e. The van der Waals surface area contributed by atoms with Crippen LogP contribution in [0.1, 0.15) is 31.3 Å². The molecule has 0 radical (unpaired) electrons. The van der Waals surface area contributed by atoms with Crippen molar-refractivity contribution < 1.29 is 9.53 Å². The molecule has 0 fully saturated rings. The predicted octanol–water partition coefficient (Wildman–Crippen LogP) is 2.61. The number of ether oxygens (including phenoxy) is 1. The first-order valence-corrected chi connectivity index (χ1v) is 6.70. The number of carbonyl (C=O) groups excluding carboxylic acids is 1. The summed E-state index contributed by atoms with van der Waals surface area (Å²) in [7, 11) is 0. The Hall–Kier alpha value is -2.30. The van der Waals surface area contributed by atoms with E-state index >= 15 is 0 Å². The summed E-state index contributed by atoms with van der Waals surface area (Å²) in [5, 5.41) is 9.78. The van der Waals surface area contributed by atoms with Crippen LogP contribution in [0.25, 0.3) is 11.3 Å². The van der Waals surface area contributed by atoms with Crippen molar-refractivity contribution in [2.75, 3.05) is 6.61 Å². The maximum Gasteiger partial charge on any atom is 0.269 e. The minimum absolute atomic E-state index is 0.0879. The van der Waals surface area contributed by atoms with Crippen LogP contribution in [0.5, 0.6) is 5.75 Å². The lowest BCUT2D eigenvalue weighted by Gasteiger charge is -2.07. The SMILES string of the molecule is CCOc1ccccc1-c1cc(C(=O)NC(C)C)[nH]n1. The maximum atomic E-state index is 11.9. The van der Waals surface area contributed by atoms with Gasteiger partial charge in [-0.1, -0.05) is 12.1 Å². The Morgan fingerprint density at radius 3 is 2.85 bits per heavy atom. The van der Waals surface area contributed by atoms with Crippen LogP contribution >= 0.6 is 0 Å². The molecule has 5 nitrogen and oxygen atoms in total. The van der Waals surface area contributed by atoms with Crippen LogP contribution in [0.2, 0.25) is 0 Å². The molecule has 1 amide bonds. The molecule has 1 aromatic carbocycles. The van der Waals surface area contributed by atoms with Crippen molar-refractivity contribution in [2.45, 2.75) is 26.8 Å². The van der Waals surface area contributed by atoms with Gasteiger partial charge < -0.3 is 10.1 Å². The molecule has 0 bridgehead atoms. The van der Waals surface area contributed by atoms with Crippen LogP contribution in [0.15, 0.2) is 30.3 Å². The molecule has 5 heteroatoms. The van der Waals surface area contributed by atoms with E-state index in [1.807, 2.05) is 45.0 Å². The van der Waals surface area contributed by atoms with E-state index in [1.165, 1.54) is 0 Å². The van der Waals surface area contributed by atoms with E-state index in [0.717, 1.165) is 11.3 Å². The normalized spacial score (nSPS) is 10.6. The van der Waals surface area contributed by atoms with Crippen molar-refractivity contribution in [1.29, 1.82) is 0 Å². The van der Waals surface area contributed by atoms with E-state index in [1.54, 1.807) is 6.07 Å². The number of amides is 1. The summed E-state index contributed by atoms with van der Waals surface area (Å²) < 4.78 is 5.57. The topological polar surface area (TPSA) is 67.0 Å². The van der Waals surface area contributed by atoms with Gasteiger partial charge in [-0.25, -0.2) is 0 Å². The number of aromatic nitrogens is 2. The number of hydrogen-bond acceptors (Lipinski definition) is 3. The Bertz CT molecular complexity index is 590. The van der Waals surface area contributed by atoms with Gasteiger partial charge in [0.2, 0.25) is 0 Å². The lowest BCUT2D eigenvalue weighted by Crippen LogP contribution is -2.30. The lowest BCUT2D eigenvalue weighted by molar-refractivity contribution is 0.0938. The lowest BCUT2D eigenvalue weighted by atomic mass is 10.1. The monoisotopic (exact) mass is 273 g/mol. The fraction of sp³-hybridized carbons (Fsp3) is 0.333. The summed E-state index contributed by atoms with van der Waals surface area (Å²) in [4.78, 5) is 11.9. The third-order valence-electron chi connectivity index (χ3n) is 2.71. The summed E-state index contributed by atoms with van der Waals surface area (Å²) in [6.45, 7) is 6.35. The number of rotatable bonds is 5. The van der Waals surface area contributed by atoms with Crippen LogP contribution in [0, 0.1) is 0 Å². The summed E-state index contributed by atoms with van der Waals surface area (Å²) in [5.74, 6) is 0.602. The molecule has 0 aliphatic carbocycles. The molecule has 0 unspecified atom stereocenters. The van der Waals surface area contributed by atoms with Crippen LogP contribution in [-0.2, 0) is 0 Å². The Morgan fingerprint density at radius 2 is 2.15 bits per heavy atom. The molecule has 20 heavy (non-hydrogen) atoms. The van der Waals surface area contributed by atoms with E-state index in [2.05, 4.69) is 15.5 Å². The molecule has 0 saturated heterocycles. The Kier molecular flexibility index (Phi) is 4.40. The van der Waals surface area contributed by atoms with Crippen molar-refractivity contribution in [3.63, 3.8) is 0 Å². The van der Waals surface area contributed by atoms with Gasteiger partial charge in [0.25, 0.3) is 5.91 Å². The number of benzene rings is 1. The second-order valence-electron chi connectivity index (χ2n) is 4.72. The Labute approximate surface area is 118 Å². The number of H-pyrrole nitrogens is 1. The number of hydrogen-bond donors (Lipinski definition) is 2. The second kappa shape index (κ2) is 6.23. The molecule has 0 aliphatic rings. The average molecular weight is 273 g/mol. The molecular weight excluding hydrogens is 254 g/mol.